The zero-order valence-corrected chi connectivity index (χ0v) is 13.5. The molecule has 25 heavy (non-hydrogen) atoms. The van der Waals surface area contributed by atoms with Crippen molar-refractivity contribution in [1.29, 1.82) is 0 Å². The van der Waals surface area contributed by atoms with Crippen LogP contribution in [0.5, 0.6) is 0 Å². The quantitative estimate of drug-likeness (QED) is 0.667. The van der Waals surface area contributed by atoms with Gasteiger partial charge in [-0.3, -0.25) is 9.35 Å². The molecule has 0 spiro atoms. The van der Waals surface area contributed by atoms with Crippen LogP contribution in [0.1, 0.15) is 10.4 Å². The first-order chi connectivity index (χ1) is 11.7. The van der Waals surface area contributed by atoms with Crippen LogP contribution in [0.15, 0.2) is 48.5 Å². The summed E-state index contributed by atoms with van der Waals surface area (Å²) in [6.45, 7) is 0. The summed E-state index contributed by atoms with van der Waals surface area (Å²) in [6.07, 6.45) is 0. The van der Waals surface area contributed by atoms with E-state index in [4.69, 9.17) is 9.66 Å². The summed E-state index contributed by atoms with van der Waals surface area (Å²) in [5, 5.41) is 10.9. The molecule has 2 aromatic rings. The number of rotatable bonds is 6. The third-order valence-electron chi connectivity index (χ3n) is 3.31. The maximum atomic E-state index is 14.2. The van der Waals surface area contributed by atoms with E-state index in [1.54, 1.807) is 30.3 Å². The van der Waals surface area contributed by atoms with Gasteiger partial charge in [0.2, 0.25) is 0 Å². The third-order valence-corrected chi connectivity index (χ3v) is 4.06. The number of carbonyl (C=O) groups excluding carboxylic acids is 1. The largest absolute Gasteiger partial charge is 0.480 e. The van der Waals surface area contributed by atoms with Gasteiger partial charge in [-0.15, -0.1) is 0 Å². The van der Waals surface area contributed by atoms with Gasteiger partial charge in [-0.1, -0.05) is 42.5 Å². The first-order valence-electron chi connectivity index (χ1n) is 7.02. The number of aliphatic carboxylic acids is 1. The Morgan fingerprint density at radius 2 is 1.72 bits per heavy atom. The normalized spacial score (nSPS) is 12.4. The van der Waals surface area contributed by atoms with E-state index in [1.807, 2.05) is 5.32 Å². The van der Waals surface area contributed by atoms with E-state index in [2.05, 4.69) is 0 Å². The predicted octanol–water partition coefficient (Wildman–Crippen LogP) is 1.56. The van der Waals surface area contributed by atoms with Crippen LogP contribution < -0.4 is 5.32 Å². The van der Waals surface area contributed by atoms with Crippen LogP contribution in [0.2, 0.25) is 0 Å². The molecule has 0 aliphatic rings. The average molecular weight is 367 g/mol. The Morgan fingerprint density at radius 1 is 1.08 bits per heavy atom. The lowest BCUT2D eigenvalue weighted by molar-refractivity contribution is -0.138. The second kappa shape index (κ2) is 7.41. The Labute approximate surface area is 142 Å². The number of carboxylic acids is 1. The third kappa shape index (κ3) is 4.85. The highest BCUT2D eigenvalue weighted by Crippen LogP contribution is 2.25. The van der Waals surface area contributed by atoms with Gasteiger partial charge in [0.1, 0.15) is 17.6 Å². The van der Waals surface area contributed by atoms with E-state index >= 15 is 0 Å². The summed E-state index contributed by atoms with van der Waals surface area (Å²) in [6, 6.07) is 10.3. The molecular weight excluding hydrogens is 353 g/mol. The fourth-order valence-electron chi connectivity index (χ4n) is 2.23. The number of nitrogens with one attached hydrogen (secondary N) is 1. The number of benzene rings is 2. The molecule has 0 radical (unpaired) electrons. The minimum atomic E-state index is -4.66. The van der Waals surface area contributed by atoms with Gasteiger partial charge in [0.25, 0.3) is 16.0 Å². The summed E-state index contributed by atoms with van der Waals surface area (Å²) < 4.78 is 44.8. The first kappa shape index (κ1) is 18.6. The highest BCUT2D eigenvalue weighted by atomic mass is 32.2. The molecule has 0 aliphatic heterocycles. The molecule has 0 fully saturated rings. The van der Waals surface area contributed by atoms with Crippen LogP contribution in [0.3, 0.4) is 0 Å². The monoisotopic (exact) mass is 367 g/mol. The lowest BCUT2D eigenvalue weighted by Crippen LogP contribution is -2.45. The number of halogens is 1. The SMILES string of the molecule is O=C(N[C@@H](CS(=O)(=O)O)C(=O)O)c1c(F)cccc1-c1ccccc1. The van der Waals surface area contributed by atoms with Crippen LogP contribution in [0, 0.1) is 5.82 Å². The van der Waals surface area contributed by atoms with Gasteiger partial charge in [0, 0.05) is 0 Å². The van der Waals surface area contributed by atoms with E-state index < -0.39 is 45.2 Å². The summed E-state index contributed by atoms with van der Waals surface area (Å²) in [5.74, 6) is -4.91. The highest BCUT2D eigenvalue weighted by Gasteiger charge is 2.28. The Morgan fingerprint density at radius 3 is 2.28 bits per heavy atom. The summed E-state index contributed by atoms with van der Waals surface area (Å²) in [4.78, 5) is 23.5. The molecule has 0 bridgehead atoms. The lowest BCUT2D eigenvalue weighted by Gasteiger charge is -2.15. The molecule has 2 rings (SSSR count). The molecule has 0 unspecified atom stereocenters. The fourth-order valence-corrected chi connectivity index (χ4v) is 2.88. The first-order valence-corrected chi connectivity index (χ1v) is 8.62. The van der Waals surface area contributed by atoms with Crippen LogP contribution >= 0.6 is 0 Å². The molecule has 3 N–H and O–H groups in total. The van der Waals surface area contributed by atoms with Crippen LogP contribution in [0.4, 0.5) is 4.39 Å². The van der Waals surface area contributed by atoms with Gasteiger partial charge >= 0.3 is 5.97 Å². The van der Waals surface area contributed by atoms with Crippen molar-refractivity contribution in [1.82, 2.24) is 5.32 Å². The molecular formula is C16H14FNO6S. The standard InChI is InChI=1S/C16H14FNO6S/c17-12-8-4-7-11(10-5-2-1-3-6-10)14(12)15(19)18-13(16(20)21)9-25(22,23)24/h1-8,13H,9H2,(H,18,19)(H,20,21)(H,22,23,24)/t13-/m0/s1. The van der Waals surface area contributed by atoms with E-state index in [1.165, 1.54) is 12.1 Å². The van der Waals surface area contributed by atoms with Crippen molar-refractivity contribution in [2.24, 2.45) is 0 Å². The number of carbonyl (C=O) groups is 2. The van der Waals surface area contributed by atoms with E-state index in [-0.39, 0.29) is 5.56 Å². The second-order valence-electron chi connectivity index (χ2n) is 5.14. The molecule has 2 aromatic carbocycles. The molecule has 1 amide bonds. The Bertz CT molecular complexity index is 898. The molecule has 0 saturated carbocycles. The molecule has 9 heteroatoms. The van der Waals surface area contributed by atoms with Crippen molar-refractivity contribution in [3.05, 3.63) is 59.9 Å². The summed E-state index contributed by atoms with van der Waals surface area (Å²) in [7, 11) is -4.66. The molecule has 0 saturated heterocycles. The van der Waals surface area contributed by atoms with E-state index in [0.717, 1.165) is 6.07 Å². The average Bonchev–Trinajstić information content (AvgIpc) is 2.53. The molecule has 1 atom stereocenters. The topological polar surface area (TPSA) is 121 Å². The number of hydrogen-bond acceptors (Lipinski definition) is 4. The molecule has 0 aliphatic carbocycles. The van der Waals surface area contributed by atoms with Gasteiger partial charge in [-0.25, -0.2) is 9.18 Å². The van der Waals surface area contributed by atoms with E-state index in [0.29, 0.717) is 5.56 Å². The van der Waals surface area contributed by atoms with Gasteiger partial charge < -0.3 is 10.4 Å². The smallest absolute Gasteiger partial charge is 0.327 e. The molecule has 132 valence electrons. The summed E-state index contributed by atoms with van der Waals surface area (Å²) >= 11 is 0. The second-order valence-corrected chi connectivity index (χ2v) is 6.64. The van der Waals surface area contributed by atoms with Crippen molar-refractivity contribution in [2.45, 2.75) is 6.04 Å². The van der Waals surface area contributed by atoms with Crippen molar-refractivity contribution < 1.29 is 32.1 Å². The number of amides is 1. The summed E-state index contributed by atoms with van der Waals surface area (Å²) in [5.41, 5.74) is 0.318. The van der Waals surface area contributed by atoms with Gasteiger partial charge in [0.05, 0.1) is 5.56 Å². The Hall–Kier alpha value is -2.78. The fraction of sp³-hybridized carbons (Fsp3) is 0.125. The minimum Gasteiger partial charge on any atom is -0.480 e. The van der Waals surface area contributed by atoms with Crippen LogP contribution in [-0.2, 0) is 14.9 Å². The van der Waals surface area contributed by atoms with Crippen molar-refractivity contribution in [3.63, 3.8) is 0 Å². The molecule has 7 nitrogen and oxygen atoms in total. The number of hydrogen-bond donors (Lipinski definition) is 3. The maximum Gasteiger partial charge on any atom is 0.327 e. The van der Waals surface area contributed by atoms with E-state index in [9.17, 15) is 22.4 Å². The molecule has 0 aromatic heterocycles. The lowest BCUT2D eigenvalue weighted by atomic mass is 9.98. The van der Waals surface area contributed by atoms with Crippen molar-refractivity contribution in [2.75, 3.05) is 5.75 Å². The minimum absolute atomic E-state index is 0.217. The Balaban J connectivity index is 2.41. The predicted molar refractivity (Wildman–Crippen MR) is 87.1 cm³/mol. The maximum absolute atomic E-state index is 14.2. The highest BCUT2D eigenvalue weighted by molar-refractivity contribution is 7.85. The zero-order valence-electron chi connectivity index (χ0n) is 12.7. The van der Waals surface area contributed by atoms with Crippen molar-refractivity contribution >= 4 is 22.0 Å². The van der Waals surface area contributed by atoms with Gasteiger partial charge in [-0.2, -0.15) is 8.42 Å². The molecule has 0 heterocycles. The van der Waals surface area contributed by atoms with Gasteiger partial charge in [-0.05, 0) is 17.2 Å². The Kier molecular flexibility index (Phi) is 5.50. The van der Waals surface area contributed by atoms with Gasteiger partial charge in [0.15, 0.2) is 0 Å². The number of carboxylic acid groups (broad SMARTS) is 1. The van der Waals surface area contributed by atoms with Crippen LogP contribution in [-0.4, -0.2) is 41.7 Å². The zero-order chi connectivity index (χ0) is 18.6. The van der Waals surface area contributed by atoms with Crippen molar-refractivity contribution in [3.8, 4) is 11.1 Å². The van der Waals surface area contributed by atoms with Crippen LogP contribution in [0.25, 0.3) is 11.1 Å².